The number of nitrogens with zero attached hydrogens (tertiary/aromatic N) is 1. The summed E-state index contributed by atoms with van der Waals surface area (Å²) in [5.74, 6) is 0.849. The van der Waals surface area contributed by atoms with E-state index in [-0.39, 0.29) is 11.9 Å². The molecule has 32 heavy (non-hydrogen) atoms. The number of ether oxygens (including phenoxy) is 2. The van der Waals surface area contributed by atoms with Crippen molar-refractivity contribution in [3.63, 3.8) is 0 Å². The molecule has 7 nitrogen and oxygen atoms in total. The first kappa shape index (κ1) is 23.6. The van der Waals surface area contributed by atoms with Crippen LogP contribution in [0.25, 0.3) is 0 Å². The van der Waals surface area contributed by atoms with Gasteiger partial charge in [0.15, 0.2) is 0 Å². The average molecular weight is 440 g/mol. The van der Waals surface area contributed by atoms with E-state index in [0.717, 1.165) is 22.6 Å². The number of hydrogen-bond acceptors (Lipinski definition) is 4. The lowest BCUT2D eigenvalue weighted by atomic mass is 9.94. The molecular formula is C25H33N3O4. The Morgan fingerprint density at radius 2 is 1.94 bits per heavy atom. The normalized spacial score (nSPS) is 17.8. The van der Waals surface area contributed by atoms with E-state index in [1.165, 1.54) is 0 Å². The average Bonchev–Trinajstić information content (AvgIpc) is 3.18. The first-order valence-electron chi connectivity index (χ1n) is 11.1. The predicted octanol–water partition coefficient (Wildman–Crippen LogP) is 3.77. The number of carbonyl (C=O) groups is 2. The predicted molar refractivity (Wildman–Crippen MR) is 125 cm³/mol. The van der Waals surface area contributed by atoms with E-state index in [4.69, 9.17) is 9.47 Å². The lowest BCUT2D eigenvalue weighted by molar-refractivity contribution is -0.129. The van der Waals surface area contributed by atoms with Gasteiger partial charge in [-0.3, -0.25) is 4.79 Å². The van der Waals surface area contributed by atoms with E-state index in [2.05, 4.69) is 10.6 Å². The Labute approximate surface area is 190 Å². The van der Waals surface area contributed by atoms with Crippen LogP contribution in [-0.4, -0.2) is 55.8 Å². The summed E-state index contributed by atoms with van der Waals surface area (Å²) in [6.45, 7) is 6.10. The lowest BCUT2D eigenvalue weighted by Crippen LogP contribution is -2.53. The molecule has 1 fully saturated rings. The Kier molecular flexibility index (Phi) is 8.11. The van der Waals surface area contributed by atoms with Gasteiger partial charge >= 0.3 is 6.03 Å². The van der Waals surface area contributed by atoms with Crippen molar-refractivity contribution in [1.82, 2.24) is 10.2 Å². The monoisotopic (exact) mass is 439 g/mol. The fourth-order valence-electron chi connectivity index (χ4n) is 4.03. The molecular weight excluding hydrogens is 406 g/mol. The van der Waals surface area contributed by atoms with E-state index >= 15 is 0 Å². The number of aryl methyl sites for hydroxylation is 1. The second kappa shape index (κ2) is 11.0. The molecule has 2 N–H and O–H groups in total. The van der Waals surface area contributed by atoms with Gasteiger partial charge < -0.3 is 25.0 Å². The van der Waals surface area contributed by atoms with Gasteiger partial charge in [0.1, 0.15) is 5.75 Å². The third kappa shape index (κ3) is 6.47. The van der Waals surface area contributed by atoms with Crippen LogP contribution in [0.15, 0.2) is 48.5 Å². The highest BCUT2D eigenvalue weighted by Crippen LogP contribution is 2.26. The summed E-state index contributed by atoms with van der Waals surface area (Å²) < 4.78 is 10.7. The van der Waals surface area contributed by atoms with Crippen LogP contribution >= 0.6 is 0 Å². The largest absolute Gasteiger partial charge is 0.494 e. The zero-order chi connectivity index (χ0) is 23.0. The van der Waals surface area contributed by atoms with Crippen LogP contribution in [-0.2, 0) is 16.0 Å². The zero-order valence-electron chi connectivity index (χ0n) is 19.1. The Hall–Kier alpha value is -3.06. The summed E-state index contributed by atoms with van der Waals surface area (Å²) in [6.07, 6.45) is 1.65. The summed E-state index contributed by atoms with van der Waals surface area (Å²) in [5, 5.41) is 6.03. The molecule has 7 heteroatoms. The van der Waals surface area contributed by atoms with Gasteiger partial charge in [0, 0.05) is 32.5 Å². The van der Waals surface area contributed by atoms with E-state index in [1.807, 2.05) is 67.3 Å². The van der Waals surface area contributed by atoms with E-state index in [1.54, 1.807) is 7.11 Å². The molecule has 0 radical (unpaired) electrons. The molecule has 3 amide bonds. The highest BCUT2D eigenvalue weighted by atomic mass is 16.5. The van der Waals surface area contributed by atoms with E-state index in [0.29, 0.717) is 45.6 Å². The maximum Gasteiger partial charge on any atom is 0.319 e. The first-order valence-corrected chi connectivity index (χ1v) is 11.1. The molecule has 1 atom stereocenters. The van der Waals surface area contributed by atoms with Crippen LogP contribution in [0.2, 0.25) is 0 Å². The molecule has 172 valence electrons. The highest BCUT2D eigenvalue weighted by Gasteiger charge is 2.40. The van der Waals surface area contributed by atoms with Gasteiger partial charge in [0.05, 0.1) is 18.6 Å². The van der Waals surface area contributed by atoms with Gasteiger partial charge in [-0.25, -0.2) is 4.79 Å². The molecule has 1 aliphatic rings. The number of amides is 3. The Morgan fingerprint density at radius 1 is 1.16 bits per heavy atom. The van der Waals surface area contributed by atoms with Crippen molar-refractivity contribution >= 4 is 17.6 Å². The van der Waals surface area contributed by atoms with Crippen molar-refractivity contribution in [3.05, 3.63) is 59.7 Å². The summed E-state index contributed by atoms with van der Waals surface area (Å²) in [5.41, 5.74) is 2.24. The smallest absolute Gasteiger partial charge is 0.319 e. The van der Waals surface area contributed by atoms with Crippen LogP contribution in [0.4, 0.5) is 10.5 Å². The first-order chi connectivity index (χ1) is 15.4. The van der Waals surface area contributed by atoms with Crippen molar-refractivity contribution in [2.24, 2.45) is 0 Å². The van der Waals surface area contributed by atoms with Crippen LogP contribution in [0, 0.1) is 6.92 Å². The van der Waals surface area contributed by atoms with Crippen LogP contribution in [0.1, 0.15) is 30.9 Å². The fraction of sp³-hybridized carbons (Fsp3) is 0.440. The van der Waals surface area contributed by atoms with Crippen molar-refractivity contribution in [2.75, 3.05) is 38.7 Å². The molecule has 3 rings (SSSR count). The van der Waals surface area contributed by atoms with Crippen molar-refractivity contribution in [1.29, 1.82) is 0 Å². The van der Waals surface area contributed by atoms with Crippen molar-refractivity contribution in [2.45, 2.75) is 38.6 Å². The van der Waals surface area contributed by atoms with Gasteiger partial charge in [-0.15, -0.1) is 0 Å². The van der Waals surface area contributed by atoms with Crippen LogP contribution < -0.4 is 15.4 Å². The number of urea groups is 1. The fourth-order valence-corrected chi connectivity index (χ4v) is 4.03. The minimum atomic E-state index is -0.515. The number of nitrogens with one attached hydrogen (secondary N) is 2. The van der Waals surface area contributed by atoms with Gasteiger partial charge in [-0.2, -0.15) is 0 Å². The molecule has 1 unspecified atom stereocenters. The summed E-state index contributed by atoms with van der Waals surface area (Å²) in [7, 11) is 1.64. The van der Waals surface area contributed by atoms with Gasteiger partial charge in [0.25, 0.3) is 0 Å². The Balaban J connectivity index is 1.61. The maximum atomic E-state index is 12.9. The minimum Gasteiger partial charge on any atom is -0.494 e. The molecule has 1 aliphatic heterocycles. The standard InChI is InChI=1S/C25H33N3O4/c1-4-32-22-10-8-20(9-11-22)17-23(29)28-14-12-25(18-28,13-15-31-3)27-24(30)26-21-7-5-6-19(2)16-21/h5-11,16H,4,12-15,17-18H2,1-3H3,(H2,26,27,30). The Morgan fingerprint density at radius 3 is 2.62 bits per heavy atom. The van der Waals surface area contributed by atoms with Gasteiger partial charge in [-0.05, 0) is 62.1 Å². The SMILES string of the molecule is CCOc1ccc(CC(=O)N2CCC(CCOC)(NC(=O)Nc3cccc(C)c3)C2)cc1. The summed E-state index contributed by atoms with van der Waals surface area (Å²) in [4.78, 5) is 27.5. The number of likely N-dealkylation sites (tertiary alicyclic amines) is 1. The number of hydrogen-bond donors (Lipinski definition) is 2. The maximum absolute atomic E-state index is 12.9. The summed E-state index contributed by atoms with van der Waals surface area (Å²) in [6, 6.07) is 15.0. The molecule has 1 heterocycles. The molecule has 2 aromatic carbocycles. The zero-order valence-corrected chi connectivity index (χ0v) is 19.1. The lowest BCUT2D eigenvalue weighted by Gasteiger charge is -2.30. The third-order valence-electron chi connectivity index (χ3n) is 5.74. The van der Waals surface area contributed by atoms with E-state index < -0.39 is 5.54 Å². The minimum absolute atomic E-state index is 0.0503. The third-order valence-corrected chi connectivity index (χ3v) is 5.74. The second-order valence-corrected chi connectivity index (χ2v) is 8.29. The molecule has 1 saturated heterocycles. The number of anilines is 1. The van der Waals surface area contributed by atoms with Crippen LogP contribution in [0.5, 0.6) is 5.75 Å². The molecule has 0 saturated carbocycles. The highest BCUT2D eigenvalue weighted by molar-refractivity contribution is 5.90. The molecule has 0 spiro atoms. The summed E-state index contributed by atoms with van der Waals surface area (Å²) >= 11 is 0. The van der Waals surface area contributed by atoms with Gasteiger partial charge in [0.2, 0.25) is 5.91 Å². The number of carbonyl (C=O) groups excluding carboxylic acids is 2. The van der Waals surface area contributed by atoms with Crippen molar-refractivity contribution < 1.29 is 19.1 Å². The second-order valence-electron chi connectivity index (χ2n) is 8.29. The molecule has 0 aliphatic carbocycles. The molecule has 0 aromatic heterocycles. The van der Waals surface area contributed by atoms with Crippen LogP contribution in [0.3, 0.4) is 0 Å². The number of benzene rings is 2. The molecule has 0 bridgehead atoms. The van der Waals surface area contributed by atoms with Gasteiger partial charge in [-0.1, -0.05) is 24.3 Å². The topological polar surface area (TPSA) is 79.9 Å². The number of rotatable bonds is 9. The quantitative estimate of drug-likeness (QED) is 0.623. The van der Waals surface area contributed by atoms with E-state index in [9.17, 15) is 9.59 Å². The number of methoxy groups -OCH3 is 1. The molecule has 2 aromatic rings. The van der Waals surface area contributed by atoms with Crippen molar-refractivity contribution in [3.8, 4) is 5.75 Å². The Bertz CT molecular complexity index is 916.